The molecule has 1 saturated heterocycles. The van der Waals surface area contributed by atoms with E-state index in [0.717, 1.165) is 0 Å². The molecule has 0 saturated carbocycles. The summed E-state index contributed by atoms with van der Waals surface area (Å²) in [6.07, 6.45) is -0.915. The molecule has 0 amide bonds. The van der Waals surface area contributed by atoms with Crippen LogP contribution in [0, 0.1) is 5.92 Å². The molecule has 1 aliphatic rings. The van der Waals surface area contributed by atoms with Gasteiger partial charge in [-0.15, -0.1) is 0 Å². The monoisotopic (exact) mass is 270 g/mol. The predicted molar refractivity (Wildman–Crippen MR) is 62.6 cm³/mol. The average molecular weight is 271 g/mol. The molecule has 1 fully saturated rings. The van der Waals surface area contributed by atoms with Crippen molar-refractivity contribution in [1.82, 2.24) is 0 Å². The van der Waals surface area contributed by atoms with E-state index in [9.17, 15) is 9.59 Å². The Morgan fingerprint density at radius 3 is 2.83 bits per heavy atom. The number of hydrogen-bond acceptors (Lipinski definition) is 4. The van der Waals surface area contributed by atoms with Gasteiger partial charge in [0.25, 0.3) is 0 Å². The summed E-state index contributed by atoms with van der Waals surface area (Å²) in [7, 11) is 1.48. The first-order valence-electron chi connectivity index (χ1n) is 5.28. The van der Waals surface area contributed by atoms with Gasteiger partial charge in [-0.05, 0) is 17.7 Å². The van der Waals surface area contributed by atoms with E-state index in [1.807, 2.05) is 0 Å². The fraction of sp³-hybridized carbons (Fsp3) is 0.333. The van der Waals surface area contributed by atoms with Crippen molar-refractivity contribution < 1.29 is 24.2 Å². The van der Waals surface area contributed by atoms with Crippen LogP contribution in [0.15, 0.2) is 18.2 Å². The molecule has 1 aromatic carbocycles. The van der Waals surface area contributed by atoms with Crippen molar-refractivity contribution in [3.63, 3.8) is 0 Å². The summed E-state index contributed by atoms with van der Waals surface area (Å²) in [5.41, 5.74) is 0.555. The van der Waals surface area contributed by atoms with Crippen molar-refractivity contribution in [3.8, 4) is 5.75 Å². The standard InChI is InChI=1S/C12H11ClO5/c1-17-9-3-2-6(4-8(9)13)11-7(12(15)16)5-10(14)18-11/h2-4,7,11H,5H2,1H3,(H,15,16)/t7-,11-/m1/s1. The molecule has 5 nitrogen and oxygen atoms in total. The molecule has 2 atom stereocenters. The lowest BCUT2D eigenvalue weighted by Crippen LogP contribution is -2.17. The Morgan fingerprint density at radius 2 is 2.28 bits per heavy atom. The lowest BCUT2D eigenvalue weighted by atomic mass is 9.95. The van der Waals surface area contributed by atoms with Crippen LogP contribution >= 0.6 is 11.6 Å². The number of halogens is 1. The highest BCUT2D eigenvalue weighted by Crippen LogP contribution is 2.38. The van der Waals surface area contributed by atoms with Crippen LogP contribution in [-0.4, -0.2) is 24.2 Å². The first-order chi connectivity index (χ1) is 8.52. The maximum Gasteiger partial charge on any atom is 0.311 e. The molecule has 18 heavy (non-hydrogen) atoms. The van der Waals surface area contributed by atoms with Gasteiger partial charge < -0.3 is 14.6 Å². The van der Waals surface area contributed by atoms with Crippen LogP contribution in [0.3, 0.4) is 0 Å². The topological polar surface area (TPSA) is 72.8 Å². The third kappa shape index (κ3) is 2.26. The number of methoxy groups -OCH3 is 1. The number of carbonyl (C=O) groups excluding carboxylic acids is 1. The summed E-state index contributed by atoms with van der Waals surface area (Å²) in [6, 6.07) is 4.81. The van der Waals surface area contributed by atoms with Gasteiger partial charge in [0, 0.05) is 0 Å². The number of carbonyl (C=O) groups is 2. The Balaban J connectivity index is 2.33. The highest BCUT2D eigenvalue weighted by atomic mass is 35.5. The highest BCUT2D eigenvalue weighted by molar-refractivity contribution is 6.32. The minimum absolute atomic E-state index is 0.121. The van der Waals surface area contributed by atoms with Gasteiger partial charge in [0.15, 0.2) is 0 Å². The number of rotatable bonds is 3. The second kappa shape index (κ2) is 4.86. The Morgan fingerprint density at radius 1 is 1.56 bits per heavy atom. The largest absolute Gasteiger partial charge is 0.495 e. The molecule has 0 aliphatic carbocycles. The molecule has 1 aromatic rings. The Kier molecular flexibility index (Phi) is 3.43. The number of hydrogen-bond donors (Lipinski definition) is 1. The van der Waals surface area contributed by atoms with Crippen LogP contribution in [0.4, 0.5) is 0 Å². The molecule has 1 heterocycles. The summed E-state index contributed by atoms with van der Waals surface area (Å²) in [5.74, 6) is -1.96. The summed E-state index contributed by atoms with van der Waals surface area (Å²) < 4.78 is 10.0. The Bertz CT molecular complexity index is 499. The van der Waals surface area contributed by atoms with Crippen LogP contribution in [-0.2, 0) is 14.3 Å². The van der Waals surface area contributed by atoms with E-state index in [4.69, 9.17) is 26.2 Å². The number of carboxylic acids is 1. The molecular weight excluding hydrogens is 260 g/mol. The molecule has 1 N–H and O–H groups in total. The lowest BCUT2D eigenvalue weighted by molar-refractivity contribution is -0.144. The molecule has 0 aromatic heterocycles. The van der Waals surface area contributed by atoms with Gasteiger partial charge in [-0.3, -0.25) is 9.59 Å². The predicted octanol–water partition coefficient (Wildman–Crippen LogP) is 2.04. The maximum absolute atomic E-state index is 11.2. The minimum atomic E-state index is -1.06. The van der Waals surface area contributed by atoms with E-state index in [2.05, 4.69) is 0 Å². The Hall–Kier alpha value is -1.75. The summed E-state index contributed by atoms with van der Waals surface area (Å²) in [5, 5.41) is 9.39. The van der Waals surface area contributed by atoms with Crippen molar-refractivity contribution in [1.29, 1.82) is 0 Å². The third-order valence-electron chi connectivity index (χ3n) is 2.83. The van der Waals surface area contributed by atoms with E-state index in [1.54, 1.807) is 18.2 Å². The number of aliphatic carboxylic acids is 1. The zero-order chi connectivity index (χ0) is 13.3. The van der Waals surface area contributed by atoms with Crippen LogP contribution in [0.5, 0.6) is 5.75 Å². The smallest absolute Gasteiger partial charge is 0.311 e. The molecule has 0 bridgehead atoms. The molecule has 1 aliphatic heterocycles. The van der Waals surface area contributed by atoms with Gasteiger partial charge in [-0.25, -0.2) is 0 Å². The molecule has 0 radical (unpaired) electrons. The average Bonchev–Trinajstić information content (AvgIpc) is 2.71. The van der Waals surface area contributed by atoms with Crippen LogP contribution < -0.4 is 4.74 Å². The summed E-state index contributed by atoms with van der Waals surface area (Å²) in [6.45, 7) is 0. The normalized spacial score (nSPS) is 22.7. The van der Waals surface area contributed by atoms with Gasteiger partial charge >= 0.3 is 11.9 Å². The number of esters is 1. The molecule has 0 unspecified atom stereocenters. The van der Waals surface area contributed by atoms with Crippen molar-refractivity contribution in [2.75, 3.05) is 7.11 Å². The summed E-state index contributed by atoms with van der Waals surface area (Å²) >= 11 is 5.96. The number of carboxylic acid groups (broad SMARTS) is 1. The first kappa shape index (κ1) is 12.7. The van der Waals surface area contributed by atoms with Crippen molar-refractivity contribution >= 4 is 23.5 Å². The summed E-state index contributed by atoms with van der Waals surface area (Å²) in [4.78, 5) is 22.3. The number of ether oxygens (including phenoxy) is 2. The molecule has 2 rings (SSSR count). The van der Waals surface area contributed by atoms with Crippen LogP contribution in [0.1, 0.15) is 18.1 Å². The van der Waals surface area contributed by atoms with Gasteiger partial charge in [0.05, 0.1) is 18.6 Å². The van der Waals surface area contributed by atoms with Crippen molar-refractivity contribution in [2.24, 2.45) is 5.92 Å². The molecule has 0 spiro atoms. The Labute approximate surface area is 108 Å². The zero-order valence-corrected chi connectivity index (χ0v) is 10.3. The van der Waals surface area contributed by atoms with Crippen molar-refractivity contribution in [2.45, 2.75) is 12.5 Å². The van der Waals surface area contributed by atoms with E-state index >= 15 is 0 Å². The van der Waals surface area contributed by atoms with Crippen LogP contribution in [0.2, 0.25) is 5.02 Å². The SMILES string of the molecule is COc1ccc([C@H]2OC(=O)C[C@H]2C(=O)O)cc1Cl. The zero-order valence-electron chi connectivity index (χ0n) is 9.55. The molecular formula is C12H11ClO5. The van der Waals surface area contributed by atoms with Gasteiger partial charge in [0.2, 0.25) is 0 Å². The second-order valence-corrected chi connectivity index (χ2v) is 4.36. The maximum atomic E-state index is 11.2. The van der Waals surface area contributed by atoms with Crippen molar-refractivity contribution in [3.05, 3.63) is 28.8 Å². The first-order valence-corrected chi connectivity index (χ1v) is 5.66. The quantitative estimate of drug-likeness (QED) is 0.851. The lowest BCUT2D eigenvalue weighted by Gasteiger charge is -2.15. The molecule has 6 heteroatoms. The minimum Gasteiger partial charge on any atom is -0.495 e. The van der Waals surface area contributed by atoms with E-state index < -0.39 is 24.0 Å². The van der Waals surface area contributed by atoms with E-state index in [1.165, 1.54) is 7.11 Å². The van der Waals surface area contributed by atoms with E-state index in [0.29, 0.717) is 16.3 Å². The number of cyclic esters (lactones) is 1. The fourth-order valence-electron chi connectivity index (χ4n) is 1.94. The third-order valence-corrected chi connectivity index (χ3v) is 3.13. The number of benzene rings is 1. The van der Waals surface area contributed by atoms with Crippen LogP contribution in [0.25, 0.3) is 0 Å². The van der Waals surface area contributed by atoms with Gasteiger partial charge in [-0.2, -0.15) is 0 Å². The van der Waals surface area contributed by atoms with E-state index in [-0.39, 0.29) is 6.42 Å². The van der Waals surface area contributed by atoms with Gasteiger partial charge in [-0.1, -0.05) is 17.7 Å². The fourth-order valence-corrected chi connectivity index (χ4v) is 2.20. The second-order valence-electron chi connectivity index (χ2n) is 3.95. The molecule has 96 valence electrons. The highest BCUT2D eigenvalue weighted by Gasteiger charge is 2.41. The van der Waals surface area contributed by atoms with Gasteiger partial charge in [0.1, 0.15) is 17.8 Å².